The van der Waals surface area contributed by atoms with Crippen LogP contribution in [-0.4, -0.2) is 73.6 Å². The Balaban J connectivity index is 2.10. The first-order valence-electron chi connectivity index (χ1n) is 8.32. The van der Waals surface area contributed by atoms with Crippen LogP contribution in [0.3, 0.4) is 0 Å². The molecule has 160 valence electrons. The zero-order valence-corrected chi connectivity index (χ0v) is 16.4. The molecule has 0 saturated carbocycles. The Morgan fingerprint density at radius 3 is 2.45 bits per heavy atom. The lowest BCUT2D eigenvalue weighted by Crippen LogP contribution is -2.47. The van der Waals surface area contributed by atoms with Gasteiger partial charge in [0, 0.05) is 25.7 Å². The van der Waals surface area contributed by atoms with Crippen molar-refractivity contribution in [2.24, 2.45) is 0 Å². The van der Waals surface area contributed by atoms with E-state index in [1.54, 1.807) is 0 Å². The maximum absolute atomic E-state index is 12.5. The van der Waals surface area contributed by atoms with Gasteiger partial charge in [-0.3, -0.25) is 19.2 Å². The number of nitrogens with zero attached hydrogens (tertiary/aromatic N) is 2. The van der Waals surface area contributed by atoms with E-state index in [2.05, 4.69) is 0 Å². The summed E-state index contributed by atoms with van der Waals surface area (Å²) < 4.78 is 37.7. The Morgan fingerprint density at radius 2 is 1.97 bits per heavy atom. The van der Waals surface area contributed by atoms with Gasteiger partial charge in [0.05, 0.1) is 29.9 Å². The smallest absolute Gasteiger partial charge is 0.410 e. The first-order valence-corrected chi connectivity index (χ1v) is 10.1. The molecule has 0 aliphatic carbocycles. The highest BCUT2D eigenvalue weighted by Crippen LogP contribution is 2.27. The number of nitro groups is 1. The summed E-state index contributed by atoms with van der Waals surface area (Å²) in [5.74, 6) is -1.33. The van der Waals surface area contributed by atoms with Crippen molar-refractivity contribution in [1.82, 2.24) is 4.90 Å². The Hall–Kier alpha value is -2.77. The van der Waals surface area contributed by atoms with Crippen LogP contribution in [0.15, 0.2) is 24.3 Å². The van der Waals surface area contributed by atoms with Crippen LogP contribution in [0, 0.1) is 10.1 Å². The lowest BCUT2D eigenvalue weighted by Gasteiger charge is -2.27. The highest BCUT2D eigenvalue weighted by Gasteiger charge is 2.45. The van der Waals surface area contributed by atoms with E-state index in [1.165, 1.54) is 24.3 Å². The highest BCUT2D eigenvalue weighted by molar-refractivity contribution is 7.86. The fourth-order valence-electron chi connectivity index (χ4n) is 3.00. The molecule has 1 saturated heterocycles. The van der Waals surface area contributed by atoms with Gasteiger partial charge in [0.25, 0.3) is 15.8 Å². The number of aliphatic carboxylic acids is 1. The molecule has 3 atom stereocenters. The maximum Gasteiger partial charge on any atom is 0.410 e. The van der Waals surface area contributed by atoms with Crippen molar-refractivity contribution in [2.45, 2.75) is 31.3 Å². The van der Waals surface area contributed by atoms with Gasteiger partial charge < -0.3 is 14.6 Å². The van der Waals surface area contributed by atoms with E-state index in [-0.39, 0.29) is 25.3 Å². The molecule has 1 N–H and O–H groups in total. The van der Waals surface area contributed by atoms with Crippen LogP contribution >= 0.6 is 0 Å². The standard InChI is InChI=1S/C16H20N2O10S/c1-26-14(15(19)20)13-7-12(28-29(2,24)25)8-17(13)16(21)27-9-10-3-5-11(6-4-10)18(22)23/h3-6,12-14H,7-9H2,1-2H3,(H,19,20)/t12-,13+,14?/m1/s1. The van der Waals surface area contributed by atoms with Crippen molar-refractivity contribution < 1.29 is 41.7 Å². The van der Waals surface area contributed by atoms with Crippen molar-refractivity contribution in [1.29, 1.82) is 0 Å². The molecule has 1 amide bonds. The molecule has 1 heterocycles. The predicted octanol–water partition coefficient (Wildman–Crippen LogP) is 0.750. The summed E-state index contributed by atoms with van der Waals surface area (Å²) in [7, 11) is -2.66. The largest absolute Gasteiger partial charge is 0.479 e. The number of methoxy groups -OCH3 is 1. The molecule has 1 unspecified atom stereocenters. The highest BCUT2D eigenvalue weighted by atomic mass is 32.2. The van der Waals surface area contributed by atoms with E-state index in [0.717, 1.165) is 18.3 Å². The molecule has 29 heavy (non-hydrogen) atoms. The molecule has 1 aromatic carbocycles. The van der Waals surface area contributed by atoms with Gasteiger partial charge in [-0.15, -0.1) is 0 Å². The van der Waals surface area contributed by atoms with Crippen LogP contribution in [0.1, 0.15) is 12.0 Å². The van der Waals surface area contributed by atoms with Gasteiger partial charge in [0.2, 0.25) is 0 Å². The second-order valence-corrected chi connectivity index (χ2v) is 7.95. The zero-order valence-electron chi connectivity index (χ0n) is 15.6. The van der Waals surface area contributed by atoms with E-state index < -0.39 is 45.4 Å². The number of amides is 1. The normalized spacial score (nSPS) is 20.3. The third-order valence-electron chi connectivity index (χ3n) is 4.21. The van der Waals surface area contributed by atoms with Gasteiger partial charge in [-0.1, -0.05) is 0 Å². The Bertz CT molecular complexity index is 870. The fraction of sp³-hybridized carbons (Fsp3) is 0.500. The molecule has 0 spiro atoms. The molecule has 0 bridgehead atoms. The lowest BCUT2D eigenvalue weighted by molar-refractivity contribution is -0.384. The number of carboxylic acids is 1. The summed E-state index contributed by atoms with van der Waals surface area (Å²) >= 11 is 0. The molecule has 1 aliphatic rings. The molecule has 0 aromatic heterocycles. The van der Waals surface area contributed by atoms with Crippen molar-refractivity contribution in [2.75, 3.05) is 19.9 Å². The van der Waals surface area contributed by atoms with Gasteiger partial charge in [0.15, 0.2) is 6.10 Å². The van der Waals surface area contributed by atoms with E-state index in [9.17, 15) is 33.2 Å². The van der Waals surface area contributed by atoms with Crippen LogP contribution in [0.5, 0.6) is 0 Å². The summed E-state index contributed by atoms with van der Waals surface area (Å²) in [6.45, 7) is -0.424. The SMILES string of the molecule is COC(C(=O)O)[C@@H]1C[C@@H](OS(C)(=O)=O)CN1C(=O)OCc1ccc([N+](=O)[O-])cc1. The number of non-ortho nitro benzene ring substituents is 1. The average molecular weight is 432 g/mol. The number of nitro benzene ring substituents is 1. The number of hydrogen-bond acceptors (Lipinski definition) is 9. The van der Waals surface area contributed by atoms with Gasteiger partial charge in [-0.05, 0) is 17.7 Å². The number of likely N-dealkylation sites (tertiary alicyclic amines) is 1. The third-order valence-corrected chi connectivity index (χ3v) is 4.83. The predicted molar refractivity (Wildman–Crippen MR) is 96.5 cm³/mol. The maximum atomic E-state index is 12.5. The molecule has 0 radical (unpaired) electrons. The Kier molecular flexibility index (Phi) is 7.11. The minimum absolute atomic E-state index is 0.0789. The van der Waals surface area contributed by atoms with Crippen molar-refractivity contribution in [3.8, 4) is 0 Å². The summed E-state index contributed by atoms with van der Waals surface area (Å²) in [6.07, 6.45) is -2.47. The molecule has 1 aliphatic heterocycles. The summed E-state index contributed by atoms with van der Waals surface area (Å²) in [6, 6.07) is 4.33. The lowest BCUT2D eigenvalue weighted by atomic mass is 10.1. The summed E-state index contributed by atoms with van der Waals surface area (Å²) in [5.41, 5.74) is 0.356. The van der Waals surface area contributed by atoms with Crippen molar-refractivity contribution in [3.05, 3.63) is 39.9 Å². The quantitative estimate of drug-likeness (QED) is 0.352. The number of carboxylic acid groups (broad SMARTS) is 1. The van der Waals surface area contributed by atoms with Gasteiger partial charge >= 0.3 is 12.1 Å². The second-order valence-electron chi connectivity index (χ2n) is 6.35. The number of rotatable bonds is 8. The van der Waals surface area contributed by atoms with E-state index in [1.807, 2.05) is 0 Å². The van der Waals surface area contributed by atoms with Crippen LogP contribution < -0.4 is 0 Å². The van der Waals surface area contributed by atoms with Crippen LogP contribution in [0.25, 0.3) is 0 Å². The van der Waals surface area contributed by atoms with Gasteiger partial charge in [-0.2, -0.15) is 8.42 Å². The topological polar surface area (TPSA) is 163 Å². The van der Waals surface area contributed by atoms with Gasteiger partial charge in [0.1, 0.15) is 6.61 Å². The van der Waals surface area contributed by atoms with Crippen LogP contribution in [0.4, 0.5) is 10.5 Å². The number of benzene rings is 1. The molecule has 13 heteroatoms. The molecular weight excluding hydrogens is 412 g/mol. The van der Waals surface area contributed by atoms with Crippen LogP contribution in [-0.2, 0) is 35.2 Å². The fourth-order valence-corrected chi connectivity index (χ4v) is 3.64. The van der Waals surface area contributed by atoms with Crippen molar-refractivity contribution >= 4 is 27.9 Å². The monoisotopic (exact) mass is 432 g/mol. The molecule has 1 aromatic rings. The van der Waals surface area contributed by atoms with E-state index in [4.69, 9.17) is 13.7 Å². The minimum atomic E-state index is -3.82. The number of ether oxygens (including phenoxy) is 2. The van der Waals surface area contributed by atoms with Crippen molar-refractivity contribution in [3.63, 3.8) is 0 Å². The summed E-state index contributed by atoms with van der Waals surface area (Å²) in [4.78, 5) is 35.1. The average Bonchev–Trinajstić information content (AvgIpc) is 3.01. The molecule has 2 rings (SSSR count). The van der Waals surface area contributed by atoms with Crippen LogP contribution in [0.2, 0.25) is 0 Å². The number of carbonyl (C=O) groups excluding carboxylic acids is 1. The summed E-state index contributed by atoms with van der Waals surface area (Å²) in [5, 5.41) is 20.0. The number of carbonyl (C=O) groups is 2. The number of hydrogen-bond donors (Lipinski definition) is 1. The minimum Gasteiger partial charge on any atom is -0.479 e. The molecule has 12 nitrogen and oxygen atoms in total. The molecular formula is C16H20N2O10S. The molecule has 1 fully saturated rings. The Labute approximate surface area is 166 Å². The Morgan fingerprint density at radius 1 is 1.34 bits per heavy atom. The first kappa shape index (κ1) is 22.5. The third kappa shape index (κ3) is 6.10. The second kappa shape index (κ2) is 9.15. The van der Waals surface area contributed by atoms with Gasteiger partial charge in [-0.25, -0.2) is 9.59 Å². The van der Waals surface area contributed by atoms with E-state index >= 15 is 0 Å². The first-order chi connectivity index (χ1) is 13.5. The van der Waals surface area contributed by atoms with E-state index in [0.29, 0.717) is 5.56 Å². The zero-order chi connectivity index (χ0) is 21.8.